The largest absolute Gasteiger partial charge is 0.396 e. The minimum absolute atomic E-state index is 0.0777. The molecule has 34 heavy (non-hydrogen) atoms. The van der Waals surface area contributed by atoms with Gasteiger partial charge in [-0.2, -0.15) is 0 Å². The van der Waals surface area contributed by atoms with Crippen LogP contribution in [0.3, 0.4) is 0 Å². The quantitative estimate of drug-likeness (QED) is 0.640. The summed E-state index contributed by atoms with van der Waals surface area (Å²) in [6.07, 6.45) is 8.28. The molecule has 2 saturated heterocycles. The Morgan fingerprint density at radius 1 is 1.06 bits per heavy atom. The summed E-state index contributed by atoms with van der Waals surface area (Å²) in [4.78, 5) is 46.6. The summed E-state index contributed by atoms with van der Waals surface area (Å²) >= 11 is 8.01. The molecule has 1 unspecified atom stereocenters. The first-order valence-corrected chi connectivity index (χ1v) is 12.7. The van der Waals surface area contributed by atoms with Crippen molar-refractivity contribution in [1.82, 2.24) is 9.80 Å². The number of aliphatic hydroxyl groups excluding tert-OH is 1. The first-order valence-electron chi connectivity index (χ1n) is 11.5. The number of para-hydroxylation sites is 1. The molecule has 0 aliphatic carbocycles. The Kier molecular flexibility index (Phi) is 5.81. The van der Waals surface area contributed by atoms with Crippen LogP contribution in [-0.4, -0.2) is 81.5 Å². The molecule has 180 valence electrons. The van der Waals surface area contributed by atoms with Crippen molar-refractivity contribution in [2.75, 3.05) is 38.2 Å². The molecule has 1 N–H and O–H groups in total. The summed E-state index contributed by atoms with van der Waals surface area (Å²) in [6.45, 7) is 2.97. The third-order valence-electron chi connectivity index (χ3n) is 7.46. The predicted molar refractivity (Wildman–Crippen MR) is 133 cm³/mol. The number of rotatable bonds is 4. The fourth-order valence-corrected chi connectivity index (χ4v) is 8.41. The number of hydrogen-bond acceptors (Lipinski definition) is 5. The second-order valence-corrected chi connectivity index (χ2v) is 11.7. The van der Waals surface area contributed by atoms with Gasteiger partial charge in [0.15, 0.2) is 0 Å². The van der Waals surface area contributed by atoms with Crippen molar-refractivity contribution >= 4 is 46.8 Å². The van der Waals surface area contributed by atoms with Gasteiger partial charge in [0, 0.05) is 38.0 Å². The number of anilines is 1. The number of halogens is 1. The van der Waals surface area contributed by atoms with Gasteiger partial charge >= 0.3 is 0 Å². The van der Waals surface area contributed by atoms with Gasteiger partial charge in [-0.3, -0.25) is 14.4 Å². The Hall–Kier alpha value is -2.29. The summed E-state index contributed by atoms with van der Waals surface area (Å²) in [5, 5.41) is 9.96. The zero-order valence-electron chi connectivity index (χ0n) is 19.2. The van der Waals surface area contributed by atoms with Crippen molar-refractivity contribution in [3.63, 3.8) is 0 Å². The second kappa shape index (κ2) is 8.43. The molecule has 5 rings (SSSR count). The molecule has 4 heterocycles. The maximum Gasteiger partial charge on any atom is 0.251 e. The van der Waals surface area contributed by atoms with E-state index in [4.69, 9.17) is 11.6 Å². The topological polar surface area (TPSA) is 81.2 Å². The average Bonchev–Trinajstić information content (AvgIpc) is 3.08. The Bertz CT molecular complexity index is 1110. The number of carbonyl (C=O) groups is 3. The van der Waals surface area contributed by atoms with E-state index in [2.05, 4.69) is 0 Å². The van der Waals surface area contributed by atoms with Crippen molar-refractivity contribution in [3.8, 4) is 0 Å². The van der Waals surface area contributed by atoms with Gasteiger partial charge in [-0.1, -0.05) is 48.0 Å². The van der Waals surface area contributed by atoms with Gasteiger partial charge < -0.3 is 19.8 Å². The fourth-order valence-electron chi connectivity index (χ4n) is 6.01. The molecular weight excluding hydrogens is 474 g/mol. The first kappa shape index (κ1) is 23.5. The van der Waals surface area contributed by atoms with Crippen molar-refractivity contribution < 1.29 is 19.5 Å². The average molecular weight is 502 g/mol. The Balaban J connectivity index is 1.66. The molecule has 9 heteroatoms. The molecule has 7 nitrogen and oxygen atoms in total. The number of amides is 3. The van der Waals surface area contributed by atoms with Crippen molar-refractivity contribution in [2.45, 2.75) is 28.9 Å². The Labute approximate surface area is 208 Å². The van der Waals surface area contributed by atoms with Crippen molar-refractivity contribution in [1.29, 1.82) is 0 Å². The highest BCUT2D eigenvalue weighted by atomic mass is 35.5. The summed E-state index contributed by atoms with van der Waals surface area (Å²) in [6, 6.07) is 6.38. The van der Waals surface area contributed by atoms with Gasteiger partial charge in [0.05, 0.1) is 27.3 Å². The molecule has 1 aromatic carbocycles. The standard InChI is InChI=1S/C25H28ClN3O4S/c1-24-10-5-12-27(2)21(31)18(24)19-22(32)29(14-7-15-30)20-23(33)28(13-6-11-25(19,20)34-24)17-9-4-3-8-16(17)26/h3-6,8-11,18-20,30H,7,12-15H2,1-2H3/t18-,19-,20?,24+,25-/m0/s1. The number of aliphatic hydroxyl groups is 1. The van der Waals surface area contributed by atoms with Gasteiger partial charge in [-0.15, -0.1) is 11.8 Å². The molecule has 4 aliphatic rings. The Morgan fingerprint density at radius 2 is 1.79 bits per heavy atom. The zero-order valence-corrected chi connectivity index (χ0v) is 20.8. The lowest BCUT2D eigenvalue weighted by Crippen LogP contribution is -2.53. The van der Waals surface area contributed by atoms with Crippen LogP contribution in [0.1, 0.15) is 13.3 Å². The van der Waals surface area contributed by atoms with E-state index in [0.29, 0.717) is 30.2 Å². The van der Waals surface area contributed by atoms with E-state index in [9.17, 15) is 19.5 Å². The number of nitrogens with zero attached hydrogens (tertiary/aromatic N) is 3. The third kappa shape index (κ3) is 3.26. The summed E-state index contributed by atoms with van der Waals surface area (Å²) in [7, 11) is 1.75. The third-order valence-corrected chi connectivity index (χ3v) is 9.58. The highest BCUT2D eigenvalue weighted by molar-refractivity contribution is 8.02. The van der Waals surface area contributed by atoms with Gasteiger partial charge in [-0.25, -0.2) is 0 Å². The van der Waals surface area contributed by atoms with E-state index in [1.165, 1.54) is 0 Å². The number of benzene rings is 1. The Morgan fingerprint density at radius 3 is 2.53 bits per heavy atom. The zero-order chi connectivity index (χ0) is 24.3. The highest BCUT2D eigenvalue weighted by Crippen LogP contribution is 2.65. The molecule has 0 saturated carbocycles. The van der Waals surface area contributed by atoms with E-state index in [0.717, 1.165) is 0 Å². The van der Waals surface area contributed by atoms with Crippen molar-refractivity contribution in [3.05, 3.63) is 53.6 Å². The minimum Gasteiger partial charge on any atom is -0.396 e. The number of hydrogen-bond donors (Lipinski definition) is 1. The molecule has 0 aromatic heterocycles. The van der Waals surface area contributed by atoms with Gasteiger partial charge in [0.1, 0.15) is 6.04 Å². The van der Waals surface area contributed by atoms with E-state index < -0.39 is 27.4 Å². The summed E-state index contributed by atoms with van der Waals surface area (Å²) < 4.78 is -1.51. The summed E-state index contributed by atoms with van der Waals surface area (Å²) in [5.41, 5.74) is 0.591. The predicted octanol–water partition coefficient (Wildman–Crippen LogP) is 2.34. The molecule has 0 radical (unpaired) electrons. The molecule has 3 amide bonds. The fraction of sp³-hybridized carbons (Fsp3) is 0.480. The van der Waals surface area contributed by atoms with E-state index >= 15 is 0 Å². The first-order chi connectivity index (χ1) is 16.2. The van der Waals surface area contributed by atoms with Crippen molar-refractivity contribution in [2.24, 2.45) is 11.8 Å². The highest BCUT2D eigenvalue weighted by Gasteiger charge is 2.73. The number of carbonyl (C=O) groups excluding carboxylic acids is 3. The number of thioether (sulfide) groups is 1. The van der Waals surface area contributed by atoms with E-state index in [1.807, 2.05) is 43.4 Å². The van der Waals surface area contributed by atoms with Crippen LogP contribution in [0.4, 0.5) is 5.69 Å². The molecule has 1 aromatic rings. The maximum absolute atomic E-state index is 14.2. The van der Waals surface area contributed by atoms with E-state index in [1.54, 1.807) is 45.6 Å². The maximum atomic E-state index is 14.2. The van der Waals surface area contributed by atoms with Crippen LogP contribution < -0.4 is 4.90 Å². The molecule has 4 aliphatic heterocycles. The number of likely N-dealkylation sites (N-methyl/N-ethyl adjacent to an activating group) is 1. The van der Waals surface area contributed by atoms with E-state index in [-0.39, 0.29) is 30.9 Å². The van der Waals surface area contributed by atoms with Gasteiger partial charge in [-0.05, 0) is 25.5 Å². The SMILES string of the molecule is CN1CC=C[C@@]2(C)S[C@]34C=CCN(c5ccccc5Cl)C(=O)C3N(CCCO)C(=O)[C@@H]4[C@H]2C1=O. The van der Waals surface area contributed by atoms with Crippen LogP contribution in [0.5, 0.6) is 0 Å². The lowest BCUT2D eigenvalue weighted by Gasteiger charge is -2.37. The van der Waals surface area contributed by atoms with Gasteiger partial charge in [0.25, 0.3) is 5.91 Å². The number of fused-ring (bicyclic) bond motifs is 2. The number of likely N-dealkylation sites (tertiary alicyclic amines) is 1. The lowest BCUT2D eigenvalue weighted by atomic mass is 9.74. The molecule has 1 spiro atoms. The lowest BCUT2D eigenvalue weighted by molar-refractivity contribution is -0.143. The van der Waals surface area contributed by atoms with Crippen LogP contribution in [0, 0.1) is 11.8 Å². The van der Waals surface area contributed by atoms with Crippen LogP contribution in [0.15, 0.2) is 48.6 Å². The van der Waals surface area contributed by atoms with Crippen LogP contribution in [-0.2, 0) is 14.4 Å². The minimum atomic E-state index is -0.892. The van der Waals surface area contributed by atoms with Crippen LogP contribution in [0.2, 0.25) is 5.02 Å². The smallest absolute Gasteiger partial charge is 0.251 e. The second-order valence-electron chi connectivity index (χ2n) is 9.53. The van der Waals surface area contributed by atoms with Crippen LogP contribution in [0.25, 0.3) is 0 Å². The normalized spacial score (nSPS) is 34.8. The molecule has 0 bridgehead atoms. The van der Waals surface area contributed by atoms with Crippen LogP contribution >= 0.6 is 23.4 Å². The van der Waals surface area contributed by atoms with Gasteiger partial charge in [0.2, 0.25) is 11.8 Å². The monoisotopic (exact) mass is 501 g/mol. The molecule has 2 fully saturated rings. The molecular formula is C25H28ClN3O4S. The summed E-state index contributed by atoms with van der Waals surface area (Å²) in [5.74, 6) is -1.75. The molecule has 5 atom stereocenters.